The molecule has 0 aromatic carbocycles. The van der Waals surface area contributed by atoms with Crippen LogP contribution in [0.3, 0.4) is 0 Å². The van der Waals surface area contributed by atoms with Gasteiger partial charge in [-0.3, -0.25) is 11.3 Å². The smallest absolute Gasteiger partial charge is 0.0834 e. The summed E-state index contributed by atoms with van der Waals surface area (Å²) in [5, 5.41) is 0. The molecule has 2 rings (SSSR count). The summed E-state index contributed by atoms with van der Waals surface area (Å²) in [5.74, 6) is 8.62. The number of nitrogens with two attached hydrogens (primary N) is 1. The van der Waals surface area contributed by atoms with Gasteiger partial charge in [0, 0.05) is 11.5 Å². The second kappa shape index (κ2) is 5.35. The molecule has 0 aromatic rings. The molecule has 1 aliphatic heterocycles. The molecule has 2 atom stereocenters. The lowest BCUT2D eigenvalue weighted by Gasteiger charge is -2.33. The van der Waals surface area contributed by atoms with Crippen molar-refractivity contribution in [3.63, 3.8) is 0 Å². The van der Waals surface area contributed by atoms with Crippen LogP contribution < -0.4 is 11.3 Å². The third kappa shape index (κ3) is 2.42. The normalized spacial score (nSPS) is 31.9. The minimum atomic E-state index is 0.335. The molecule has 0 radical (unpaired) electrons. The Morgan fingerprint density at radius 1 is 1.36 bits per heavy atom. The minimum absolute atomic E-state index is 0.335. The highest BCUT2D eigenvalue weighted by Gasteiger charge is 2.32. The molecule has 0 spiro atoms. The Morgan fingerprint density at radius 3 is 2.71 bits per heavy atom. The molecule has 1 heterocycles. The third-order valence-corrected chi connectivity index (χ3v) is 4.36. The van der Waals surface area contributed by atoms with Gasteiger partial charge in [-0.2, -0.15) is 11.8 Å². The quantitative estimate of drug-likeness (QED) is 0.548. The van der Waals surface area contributed by atoms with Crippen LogP contribution >= 0.6 is 11.8 Å². The van der Waals surface area contributed by atoms with Gasteiger partial charge in [-0.15, -0.1) is 0 Å². The zero-order valence-corrected chi connectivity index (χ0v) is 9.39. The Morgan fingerprint density at radius 2 is 2.14 bits per heavy atom. The van der Waals surface area contributed by atoms with Crippen molar-refractivity contribution in [1.82, 2.24) is 5.43 Å². The number of hydrogen-bond donors (Lipinski definition) is 2. The second-order valence-electron chi connectivity index (χ2n) is 4.22. The van der Waals surface area contributed by atoms with E-state index in [1.54, 1.807) is 0 Å². The number of hydrogen-bond acceptors (Lipinski definition) is 4. The topological polar surface area (TPSA) is 47.3 Å². The summed E-state index contributed by atoms with van der Waals surface area (Å²) in [6.07, 6.45) is 5.70. The predicted molar refractivity (Wildman–Crippen MR) is 60.1 cm³/mol. The van der Waals surface area contributed by atoms with E-state index in [1.807, 2.05) is 11.8 Å². The molecule has 4 heteroatoms. The maximum absolute atomic E-state index is 5.78. The fraction of sp³-hybridized carbons (Fsp3) is 1.00. The van der Waals surface area contributed by atoms with E-state index in [0.717, 1.165) is 24.0 Å². The number of nitrogens with one attached hydrogen (secondary N) is 1. The molecule has 1 saturated heterocycles. The number of rotatable bonds is 3. The zero-order valence-electron chi connectivity index (χ0n) is 8.58. The van der Waals surface area contributed by atoms with E-state index in [4.69, 9.17) is 10.6 Å². The average Bonchev–Trinajstić information content (AvgIpc) is 2.74. The first-order valence-corrected chi connectivity index (χ1v) is 6.73. The summed E-state index contributed by atoms with van der Waals surface area (Å²) in [6.45, 7) is 0.889. The zero-order chi connectivity index (χ0) is 9.80. The van der Waals surface area contributed by atoms with Crippen molar-refractivity contribution >= 4 is 11.8 Å². The van der Waals surface area contributed by atoms with Crippen molar-refractivity contribution < 1.29 is 4.74 Å². The molecule has 1 saturated carbocycles. The van der Waals surface area contributed by atoms with E-state index in [-0.39, 0.29) is 0 Å². The Bertz CT molecular complexity index is 168. The summed E-state index contributed by atoms with van der Waals surface area (Å²) in [6, 6.07) is 0.380. The minimum Gasteiger partial charge on any atom is -0.375 e. The third-order valence-electron chi connectivity index (χ3n) is 3.34. The van der Waals surface area contributed by atoms with E-state index in [1.165, 1.54) is 25.7 Å². The Labute approximate surface area is 90.1 Å². The SMILES string of the molecule is NNC(C1CCCC1)C1CSCCO1. The first-order chi connectivity index (χ1) is 6.92. The van der Waals surface area contributed by atoms with Crippen LogP contribution in [0.25, 0.3) is 0 Å². The van der Waals surface area contributed by atoms with Gasteiger partial charge in [0.25, 0.3) is 0 Å². The van der Waals surface area contributed by atoms with Crippen molar-refractivity contribution in [2.75, 3.05) is 18.1 Å². The molecule has 1 aliphatic carbocycles. The van der Waals surface area contributed by atoms with Gasteiger partial charge in [0.2, 0.25) is 0 Å². The molecule has 2 aliphatic rings. The molecule has 2 fully saturated rings. The predicted octanol–water partition coefficient (Wildman–Crippen LogP) is 1.14. The van der Waals surface area contributed by atoms with Crippen molar-refractivity contribution in [3.8, 4) is 0 Å². The molecule has 0 bridgehead atoms. The second-order valence-corrected chi connectivity index (χ2v) is 5.37. The van der Waals surface area contributed by atoms with Crippen molar-refractivity contribution in [2.24, 2.45) is 11.8 Å². The van der Waals surface area contributed by atoms with Gasteiger partial charge in [-0.1, -0.05) is 12.8 Å². The first-order valence-electron chi connectivity index (χ1n) is 5.57. The van der Waals surface area contributed by atoms with Crippen LogP contribution in [0.1, 0.15) is 25.7 Å². The van der Waals surface area contributed by atoms with Crippen LogP contribution in [0.4, 0.5) is 0 Å². The highest BCUT2D eigenvalue weighted by atomic mass is 32.2. The van der Waals surface area contributed by atoms with Gasteiger partial charge in [0.15, 0.2) is 0 Å². The molecule has 2 unspecified atom stereocenters. The molecule has 3 N–H and O–H groups in total. The van der Waals surface area contributed by atoms with Crippen LogP contribution in [0, 0.1) is 5.92 Å². The van der Waals surface area contributed by atoms with Crippen molar-refractivity contribution in [2.45, 2.75) is 37.8 Å². The van der Waals surface area contributed by atoms with Crippen molar-refractivity contribution in [1.29, 1.82) is 0 Å². The van der Waals surface area contributed by atoms with Gasteiger partial charge >= 0.3 is 0 Å². The lowest BCUT2D eigenvalue weighted by atomic mass is 9.94. The number of thioether (sulfide) groups is 1. The van der Waals surface area contributed by atoms with Crippen molar-refractivity contribution in [3.05, 3.63) is 0 Å². The molecule has 0 aromatic heterocycles. The summed E-state index contributed by atoms with van der Waals surface area (Å²) < 4.78 is 5.78. The van der Waals surface area contributed by atoms with Crippen LogP contribution in [0.2, 0.25) is 0 Å². The van der Waals surface area contributed by atoms with Crippen LogP contribution in [-0.4, -0.2) is 30.3 Å². The lowest BCUT2D eigenvalue weighted by Crippen LogP contribution is -2.51. The summed E-state index contributed by atoms with van der Waals surface area (Å²) in [5.41, 5.74) is 2.98. The number of ether oxygens (including phenoxy) is 1. The van der Waals surface area contributed by atoms with Gasteiger partial charge in [-0.05, 0) is 18.8 Å². The van der Waals surface area contributed by atoms with Crippen LogP contribution in [0.15, 0.2) is 0 Å². The van der Waals surface area contributed by atoms with E-state index < -0.39 is 0 Å². The summed E-state index contributed by atoms with van der Waals surface area (Å²) >= 11 is 1.98. The fourth-order valence-corrected chi connectivity index (χ4v) is 3.49. The molecule has 3 nitrogen and oxygen atoms in total. The van der Waals surface area contributed by atoms with Crippen LogP contribution in [0.5, 0.6) is 0 Å². The van der Waals surface area contributed by atoms with E-state index in [2.05, 4.69) is 5.43 Å². The van der Waals surface area contributed by atoms with Gasteiger partial charge < -0.3 is 4.74 Å². The average molecular weight is 216 g/mol. The number of hydrazine groups is 1. The maximum Gasteiger partial charge on any atom is 0.0834 e. The Hall–Kier alpha value is 0.230. The molecule has 0 amide bonds. The largest absolute Gasteiger partial charge is 0.375 e. The molecule has 14 heavy (non-hydrogen) atoms. The van der Waals surface area contributed by atoms with Gasteiger partial charge in [0.05, 0.1) is 18.8 Å². The monoisotopic (exact) mass is 216 g/mol. The fourth-order valence-electron chi connectivity index (χ4n) is 2.58. The highest BCUT2D eigenvalue weighted by Crippen LogP contribution is 2.31. The van der Waals surface area contributed by atoms with Gasteiger partial charge in [0.1, 0.15) is 0 Å². The van der Waals surface area contributed by atoms with Crippen LogP contribution in [-0.2, 0) is 4.74 Å². The molecular weight excluding hydrogens is 196 g/mol. The Balaban J connectivity index is 1.89. The highest BCUT2D eigenvalue weighted by molar-refractivity contribution is 7.99. The Kier molecular flexibility index (Phi) is 4.10. The van der Waals surface area contributed by atoms with E-state index in [9.17, 15) is 0 Å². The maximum atomic E-state index is 5.78. The first kappa shape index (κ1) is 10.7. The van der Waals surface area contributed by atoms with Gasteiger partial charge in [-0.25, -0.2) is 0 Å². The van der Waals surface area contributed by atoms with E-state index in [0.29, 0.717) is 12.1 Å². The molecular formula is C10H20N2OS. The summed E-state index contributed by atoms with van der Waals surface area (Å²) in [7, 11) is 0. The standard InChI is InChI=1S/C10H20N2OS/c11-12-10(8-3-1-2-4-8)9-7-14-6-5-13-9/h8-10,12H,1-7,11H2. The summed E-state index contributed by atoms with van der Waals surface area (Å²) in [4.78, 5) is 0. The molecule has 82 valence electrons. The lowest BCUT2D eigenvalue weighted by molar-refractivity contribution is 0.0304. The van der Waals surface area contributed by atoms with E-state index >= 15 is 0 Å².